The van der Waals surface area contributed by atoms with Gasteiger partial charge in [-0.2, -0.15) is 13.2 Å². The predicted octanol–water partition coefficient (Wildman–Crippen LogP) is 2.61. The summed E-state index contributed by atoms with van der Waals surface area (Å²) in [5.74, 6) is -0.360. The predicted molar refractivity (Wildman–Crippen MR) is 83.3 cm³/mol. The van der Waals surface area contributed by atoms with Crippen LogP contribution in [0.1, 0.15) is 11.3 Å². The molecule has 6 nitrogen and oxygen atoms in total. The van der Waals surface area contributed by atoms with Crippen LogP contribution >= 0.6 is 0 Å². The molecule has 2 heterocycles. The Kier molecular flexibility index (Phi) is 4.22. The van der Waals surface area contributed by atoms with Gasteiger partial charge in [0.25, 0.3) is 0 Å². The van der Waals surface area contributed by atoms with E-state index in [1.54, 1.807) is 10.6 Å². The van der Waals surface area contributed by atoms with Crippen molar-refractivity contribution in [1.82, 2.24) is 24.9 Å². The van der Waals surface area contributed by atoms with Crippen LogP contribution < -0.4 is 5.32 Å². The fraction of sp³-hybridized carbons (Fsp3) is 0.125. The maximum Gasteiger partial charge on any atom is 0.416 e. The summed E-state index contributed by atoms with van der Waals surface area (Å²) in [5, 5.41) is 10.3. The Morgan fingerprint density at radius 3 is 2.64 bits per heavy atom. The first-order chi connectivity index (χ1) is 11.9. The monoisotopic (exact) mass is 347 g/mol. The highest BCUT2D eigenvalue weighted by atomic mass is 19.4. The highest BCUT2D eigenvalue weighted by Crippen LogP contribution is 2.31. The number of rotatable bonds is 4. The molecule has 3 rings (SSSR count). The zero-order chi connectivity index (χ0) is 18.0. The molecule has 0 saturated heterocycles. The number of aromatic nitrogens is 4. The fourth-order valence-corrected chi connectivity index (χ4v) is 2.24. The lowest BCUT2D eigenvalue weighted by Crippen LogP contribution is -2.21. The smallest absolute Gasteiger partial charge is 0.347 e. The topological polar surface area (TPSA) is 72.2 Å². The van der Waals surface area contributed by atoms with E-state index in [0.29, 0.717) is 22.6 Å². The average molecular weight is 347 g/mol. The number of hydrogen-bond acceptors (Lipinski definition) is 4. The van der Waals surface area contributed by atoms with Crippen molar-refractivity contribution < 1.29 is 18.0 Å². The SMILES string of the molecule is C=CC(=O)NCc1cn2cnnc2c(-c2ccc(C(F)(F)F)cc2)n1. The molecule has 2 aromatic heterocycles. The molecule has 0 aliphatic rings. The lowest BCUT2D eigenvalue weighted by Gasteiger charge is -2.09. The Morgan fingerprint density at radius 1 is 1.28 bits per heavy atom. The quantitative estimate of drug-likeness (QED) is 0.737. The maximum atomic E-state index is 12.7. The first kappa shape index (κ1) is 16.6. The summed E-state index contributed by atoms with van der Waals surface area (Å²) in [6, 6.07) is 4.62. The summed E-state index contributed by atoms with van der Waals surface area (Å²) < 4.78 is 39.7. The number of amides is 1. The van der Waals surface area contributed by atoms with Gasteiger partial charge in [-0.25, -0.2) is 4.98 Å². The second-order valence-corrected chi connectivity index (χ2v) is 5.14. The van der Waals surface area contributed by atoms with E-state index < -0.39 is 11.7 Å². The summed E-state index contributed by atoms with van der Waals surface area (Å²) in [5.41, 5.74) is 0.985. The number of nitrogens with one attached hydrogen (secondary N) is 1. The number of nitrogens with zero attached hydrogens (tertiary/aromatic N) is 4. The summed E-state index contributed by atoms with van der Waals surface area (Å²) in [6.45, 7) is 3.49. The standard InChI is InChI=1S/C16H12F3N5O/c1-2-13(25)20-7-12-8-24-9-21-23-15(24)14(22-12)10-3-5-11(6-4-10)16(17,18)19/h2-6,8-9H,1,7H2,(H,20,25). The van der Waals surface area contributed by atoms with Crippen molar-refractivity contribution in [3.05, 3.63) is 60.7 Å². The van der Waals surface area contributed by atoms with E-state index in [9.17, 15) is 18.0 Å². The van der Waals surface area contributed by atoms with Crippen LogP contribution in [-0.2, 0) is 17.5 Å². The van der Waals surface area contributed by atoms with Gasteiger partial charge >= 0.3 is 6.18 Å². The van der Waals surface area contributed by atoms with Gasteiger partial charge in [0.05, 0.1) is 17.8 Å². The molecule has 1 N–H and O–H groups in total. The van der Waals surface area contributed by atoms with Crippen molar-refractivity contribution in [3.63, 3.8) is 0 Å². The highest BCUT2D eigenvalue weighted by molar-refractivity contribution is 5.86. The first-order valence-electron chi connectivity index (χ1n) is 7.15. The molecule has 0 aliphatic carbocycles. The zero-order valence-electron chi connectivity index (χ0n) is 12.8. The normalized spacial score (nSPS) is 11.5. The summed E-state index contributed by atoms with van der Waals surface area (Å²) >= 11 is 0. The van der Waals surface area contributed by atoms with Gasteiger partial charge in [-0.05, 0) is 18.2 Å². The van der Waals surface area contributed by atoms with Crippen LogP contribution in [0.3, 0.4) is 0 Å². The van der Waals surface area contributed by atoms with Gasteiger partial charge in [-0.1, -0.05) is 18.7 Å². The minimum absolute atomic E-state index is 0.132. The molecule has 1 aromatic carbocycles. The molecule has 0 radical (unpaired) electrons. The van der Waals surface area contributed by atoms with Crippen molar-refractivity contribution in [2.24, 2.45) is 0 Å². The van der Waals surface area contributed by atoms with Crippen molar-refractivity contribution in [3.8, 4) is 11.3 Å². The lowest BCUT2D eigenvalue weighted by molar-refractivity contribution is -0.137. The second-order valence-electron chi connectivity index (χ2n) is 5.14. The molecule has 0 atom stereocenters. The van der Waals surface area contributed by atoms with Crippen LogP contribution in [0.2, 0.25) is 0 Å². The minimum Gasteiger partial charge on any atom is -0.347 e. The Hall–Kier alpha value is -3.23. The largest absolute Gasteiger partial charge is 0.416 e. The second kappa shape index (κ2) is 6.34. The van der Waals surface area contributed by atoms with Gasteiger partial charge in [0.1, 0.15) is 12.0 Å². The Bertz CT molecular complexity index is 931. The summed E-state index contributed by atoms with van der Waals surface area (Å²) in [6.07, 6.45) is -0.198. The number of hydrogen-bond donors (Lipinski definition) is 1. The number of benzene rings is 1. The molecule has 1 amide bonds. The van der Waals surface area contributed by atoms with Crippen LogP contribution in [-0.4, -0.2) is 25.5 Å². The van der Waals surface area contributed by atoms with Crippen LogP contribution in [0.4, 0.5) is 13.2 Å². The maximum absolute atomic E-state index is 12.7. The van der Waals surface area contributed by atoms with Crippen LogP contribution in [0.15, 0.2) is 49.4 Å². The minimum atomic E-state index is -4.41. The molecule has 9 heteroatoms. The van der Waals surface area contributed by atoms with E-state index in [1.165, 1.54) is 18.5 Å². The molecule has 0 fully saturated rings. The van der Waals surface area contributed by atoms with E-state index in [2.05, 4.69) is 27.1 Å². The van der Waals surface area contributed by atoms with Crippen LogP contribution in [0.5, 0.6) is 0 Å². The lowest BCUT2D eigenvalue weighted by atomic mass is 10.1. The molecule has 0 unspecified atom stereocenters. The fourth-order valence-electron chi connectivity index (χ4n) is 2.24. The third-order valence-corrected chi connectivity index (χ3v) is 3.44. The van der Waals surface area contributed by atoms with Gasteiger partial charge < -0.3 is 5.32 Å². The molecular formula is C16H12F3N5O. The number of halogens is 3. The van der Waals surface area contributed by atoms with Crippen LogP contribution in [0.25, 0.3) is 16.9 Å². The molecule has 25 heavy (non-hydrogen) atoms. The third-order valence-electron chi connectivity index (χ3n) is 3.44. The van der Waals surface area contributed by atoms with Gasteiger partial charge in [-0.3, -0.25) is 9.20 Å². The number of carbonyl (C=O) groups excluding carboxylic acids is 1. The molecule has 0 bridgehead atoms. The van der Waals surface area contributed by atoms with Gasteiger partial charge in [-0.15, -0.1) is 10.2 Å². The van der Waals surface area contributed by atoms with Crippen LogP contribution in [0, 0.1) is 0 Å². The number of carbonyl (C=O) groups is 1. The van der Waals surface area contributed by atoms with Gasteiger partial charge in [0, 0.05) is 11.8 Å². The highest BCUT2D eigenvalue weighted by Gasteiger charge is 2.30. The number of fused-ring (bicyclic) bond motifs is 1. The van der Waals surface area contributed by atoms with Gasteiger partial charge in [0.2, 0.25) is 5.91 Å². The Labute approximate surface area is 140 Å². The van der Waals surface area contributed by atoms with E-state index >= 15 is 0 Å². The molecule has 128 valence electrons. The van der Waals surface area contributed by atoms with E-state index in [0.717, 1.165) is 18.2 Å². The van der Waals surface area contributed by atoms with Crippen molar-refractivity contribution >= 4 is 11.6 Å². The Morgan fingerprint density at radius 2 is 2.00 bits per heavy atom. The van der Waals surface area contributed by atoms with E-state index in [4.69, 9.17) is 0 Å². The third kappa shape index (κ3) is 3.49. The van der Waals surface area contributed by atoms with Crippen molar-refractivity contribution in [2.75, 3.05) is 0 Å². The molecule has 3 aromatic rings. The summed E-state index contributed by atoms with van der Waals surface area (Å²) in [4.78, 5) is 15.7. The molecule has 0 aliphatic heterocycles. The number of alkyl halides is 3. The molecular weight excluding hydrogens is 335 g/mol. The van der Waals surface area contributed by atoms with Crippen molar-refractivity contribution in [2.45, 2.75) is 12.7 Å². The summed E-state index contributed by atoms with van der Waals surface area (Å²) in [7, 11) is 0. The first-order valence-corrected chi connectivity index (χ1v) is 7.15. The van der Waals surface area contributed by atoms with E-state index in [1.807, 2.05) is 0 Å². The van der Waals surface area contributed by atoms with E-state index in [-0.39, 0.29) is 12.5 Å². The molecule has 0 saturated carbocycles. The van der Waals surface area contributed by atoms with Gasteiger partial charge in [0.15, 0.2) is 5.65 Å². The average Bonchev–Trinajstić information content (AvgIpc) is 3.06. The van der Waals surface area contributed by atoms with Crippen molar-refractivity contribution in [1.29, 1.82) is 0 Å². The zero-order valence-corrected chi connectivity index (χ0v) is 12.8. The molecule has 0 spiro atoms. The Balaban J connectivity index is 2.01.